The van der Waals surface area contributed by atoms with Crippen LogP contribution in [0, 0.1) is 0 Å². The topological polar surface area (TPSA) is 41.6 Å². The molecule has 0 saturated carbocycles. The van der Waals surface area contributed by atoms with Gasteiger partial charge >= 0.3 is 6.18 Å². The van der Waals surface area contributed by atoms with Crippen molar-refractivity contribution in [1.29, 1.82) is 0 Å². The van der Waals surface area contributed by atoms with Crippen molar-refractivity contribution < 1.29 is 22.7 Å². The molecule has 0 spiro atoms. The summed E-state index contributed by atoms with van der Waals surface area (Å²) in [5, 5.41) is 1.06. The van der Waals surface area contributed by atoms with Gasteiger partial charge in [0, 0.05) is 12.0 Å². The zero-order valence-electron chi connectivity index (χ0n) is 14.1. The summed E-state index contributed by atoms with van der Waals surface area (Å²) in [6.45, 7) is 5.63. The number of alkyl halides is 3. The molecule has 1 amide bonds. The van der Waals surface area contributed by atoms with Gasteiger partial charge in [0.15, 0.2) is 0 Å². The third-order valence-electron chi connectivity index (χ3n) is 4.10. The van der Waals surface area contributed by atoms with Gasteiger partial charge in [-0.25, -0.2) is 5.01 Å². The Hall–Kier alpha value is -1.76. The molecule has 0 aliphatic carbocycles. The number of nitrogens with zero attached hydrogens (tertiary/aromatic N) is 1. The van der Waals surface area contributed by atoms with Crippen molar-refractivity contribution in [2.75, 3.05) is 6.61 Å². The second-order valence-electron chi connectivity index (χ2n) is 6.57. The smallest absolute Gasteiger partial charge is 0.405 e. The van der Waals surface area contributed by atoms with Crippen LogP contribution in [0.1, 0.15) is 39.2 Å². The number of hydrazine groups is 1. The number of carbonyl (C=O) groups excluding carboxylic acids is 1. The Balaban J connectivity index is 2.13. The first-order valence-corrected chi connectivity index (χ1v) is 8.01. The Morgan fingerprint density at radius 3 is 2.62 bits per heavy atom. The number of nitrogens with one attached hydrogen (secondary N) is 1. The quantitative estimate of drug-likeness (QED) is 0.859. The van der Waals surface area contributed by atoms with Crippen molar-refractivity contribution in [3.63, 3.8) is 0 Å². The Morgan fingerprint density at radius 1 is 1.38 bits per heavy atom. The molecule has 1 aliphatic rings. The molecule has 1 unspecified atom stereocenters. The standard InChI is InChI=1S/C17H23F3N2O2/c1-4-24-13-7-5-6-12(10-13)8-9-14(17(18,19)20)22-16(2,3)11-15(23)21-22/h5-7,10,14H,4,8-9,11H2,1-3H3,(H,21,23). The van der Waals surface area contributed by atoms with Crippen molar-refractivity contribution in [2.45, 2.75) is 57.8 Å². The molecule has 1 aromatic rings. The first-order chi connectivity index (χ1) is 11.1. The summed E-state index contributed by atoms with van der Waals surface area (Å²) in [7, 11) is 0. The first kappa shape index (κ1) is 18.6. The fourth-order valence-electron chi connectivity index (χ4n) is 3.00. The number of ether oxygens (including phenoxy) is 1. The molecule has 1 fully saturated rings. The maximum absolute atomic E-state index is 13.5. The molecule has 1 aromatic carbocycles. The minimum atomic E-state index is -4.42. The monoisotopic (exact) mass is 344 g/mol. The highest BCUT2D eigenvalue weighted by Gasteiger charge is 2.51. The van der Waals surface area contributed by atoms with E-state index in [0.717, 1.165) is 10.6 Å². The van der Waals surface area contributed by atoms with E-state index in [0.29, 0.717) is 12.4 Å². The summed E-state index contributed by atoms with van der Waals surface area (Å²) in [5.41, 5.74) is 2.27. The molecule has 1 N–H and O–H groups in total. The number of benzene rings is 1. The maximum atomic E-state index is 13.5. The van der Waals surface area contributed by atoms with Gasteiger partial charge in [-0.05, 0) is 51.3 Å². The van der Waals surface area contributed by atoms with E-state index < -0.39 is 17.8 Å². The molecule has 1 atom stereocenters. The lowest BCUT2D eigenvalue weighted by Crippen LogP contribution is -2.56. The molecule has 7 heteroatoms. The number of hydrogen-bond acceptors (Lipinski definition) is 3. The predicted molar refractivity (Wildman–Crippen MR) is 84.5 cm³/mol. The summed E-state index contributed by atoms with van der Waals surface area (Å²) in [6, 6.07) is 5.35. The summed E-state index contributed by atoms with van der Waals surface area (Å²) in [5.74, 6) is 0.265. The van der Waals surface area contributed by atoms with E-state index in [4.69, 9.17) is 4.74 Å². The molecular formula is C17H23F3N2O2. The third-order valence-corrected chi connectivity index (χ3v) is 4.10. The number of aryl methyl sites for hydroxylation is 1. The van der Waals surface area contributed by atoms with Crippen molar-refractivity contribution in [1.82, 2.24) is 10.4 Å². The second kappa shape index (κ2) is 7.01. The Labute approximate surface area is 139 Å². The van der Waals surface area contributed by atoms with Crippen LogP contribution in [0.5, 0.6) is 5.75 Å². The largest absolute Gasteiger partial charge is 0.494 e. The summed E-state index contributed by atoms with van der Waals surface area (Å²) < 4.78 is 46.0. The molecule has 0 radical (unpaired) electrons. The fraction of sp³-hybridized carbons (Fsp3) is 0.588. The lowest BCUT2D eigenvalue weighted by atomic mass is 9.97. The van der Waals surface area contributed by atoms with Crippen molar-refractivity contribution >= 4 is 5.91 Å². The van der Waals surface area contributed by atoms with Gasteiger partial charge in [-0.15, -0.1) is 0 Å². The molecule has 0 bridgehead atoms. The average molecular weight is 344 g/mol. The highest BCUT2D eigenvalue weighted by atomic mass is 19.4. The van der Waals surface area contributed by atoms with E-state index in [1.54, 1.807) is 38.1 Å². The van der Waals surface area contributed by atoms with Crippen LogP contribution in [0.4, 0.5) is 13.2 Å². The minimum Gasteiger partial charge on any atom is -0.494 e. The average Bonchev–Trinajstić information content (AvgIpc) is 2.71. The van der Waals surface area contributed by atoms with Crippen LogP contribution >= 0.6 is 0 Å². The van der Waals surface area contributed by atoms with Gasteiger partial charge in [0.1, 0.15) is 11.8 Å². The lowest BCUT2D eigenvalue weighted by molar-refractivity contribution is -0.202. The van der Waals surface area contributed by atoms with E-state index in [1.807, 2.05) is 6.92 Å². The molecule has 24 heavy (non-hydrogen) atoms. The van der Waals surface area contributed by atoms with Crippen LogP contribution in [-0.4, -0.2) is 35.3 Å². The zero-order valence-corrected chi connectivity index (χ0v) is 14.1. The number of hydrogen-bond donors (Lipinski definition) is 1. The van der Waals surface area contributed by atoms with Crippen LogP contribution in [0.25, 0.3) is 0 Å². The molecule has 2 rings (SSSR count). The Bertz CT molecular complexity index is 587. The number of carbonyl (C=O) groups is 1. The third kappa shape index (κ3) is 4.41. The van der Waals surface area contributed by atoms with Crippen LogP contribution in [0.2, 0.25) is 0 Å². The van der Waals surface area contributed by atoms with E-state index in [2.05, 4.69) is 5.43 Å². The van der Waals surface area contributed by atoms with E-state index in [1.165, 1.54) is 0 Å². The van der Waals surface area contributed by atoms with Gasteiger partial charge in [0.2, 0.25) is 5.91 Å². The normalized spacial score (nSPS) is 19.2. The van der Waals surface area contributed by atoms with Crippen LogP contribution in [0.3, 0.4) is 0 Å². The van der Waals surface area contributed by atoms with Gasteiger partial charge in [0.05, 0.1) is 6.61 Å². The fourth-order valence-corrected chi connectivity index (χ4v) is 3.00. The van der Waals surface area contributed by atoms with Gasteiger partial charge in [-0.1, -0.05) is 12.1 Å². The number of rotatable bonds is 6. The van der Waals surface area contributed by atoms with E-state index >= 15 is 0 Å². The van der Waals surface area contributed by atoms with Crippen molar-refractivity contribution in [2.24, 2.45) is 0 Å². The van der Waals surface area contributed by atoms with Crippen molar-refractivity contribution in [3.05, 3.63) is 29.8 Å². The van der Waals surface area contributed by atoms with Crippen LogP contribution in [0.15, 0.2) is 24.3 Å². The molecule has 1 aliphatic heterocycles. The highest BCUT2D eigenvalue weighted by molar-refractivity contribution is 5.78. The van der Waals surface area contributed by atoms with Gasteiger partial charge < -0.3 is 4.74 Å². The SMILES string of the molecule is CCOc1cccc(CCC(N2NC(=O)CC2(C)C)C(F)(F)F)c1. The van der Waals surface area contributed by atoms with E-state index in [-0.39, 0.29) is 25.2 Å². The zero-order chi connectivity index (χ0) is 18.0. The summed E-state index contributed by atoms with van der Waals surface area (Å²) in [6.07, 6.45) is -4.26. The van der Waals surface area contributed by atoms with Gasteiger partial charge in [-0.2, -0.15) is 13.2 Å². The summed E-state index contributed by atoms with van der Waals surface area (Å²) >= 11 is 0. The summed E-state index contributed by atoms with van der Waals surface area (Å²) in [4.78, 5) is 11.6. The number of halogens is 3. The molecule has 0 aromatic heterocycles. The van der Waals surface area contributed by atoms with E-state index in [9.17, 15) is 18.0 Å². The van der Waals surface area contributed by atoms with Crippen LogP contribution < -0.4 is 10.2 Å². The maximum Gasteiger partial charge on any atom is 0.405 e. The van der Waals surface area contributed by atoms with Gasteiger partial charge in [0.25, 0.3) is 0 Å². The molecule has 1 saturated heterocycles. The molecule has 1 heterocycles. The lowest BCUT2D eigenvalue weighted by Gasteiger charge is -2.37. The predicted octanol–water partition coefficient (Wildman–Crippen LogP) is 3.46. The van der Waals surface area contributed by atoms with Crippen LogP contribution in [-0.2, 0) is 11.2 Å². The highest BCUT2D eigenvalue weighted by Crippen LogP contribution is 2.35. The molecule has 134 valence electrons. The minimum absolute atomic E-state index is 0.0550. The molecular weight excluding hydrogens is 321 g/mol. The van der Waals surface area contributed by atoms with Crippen molar-refractivity contribution in [3.8, 4) is 5.75 Å². The molecule has 4 nitrogen and oxygen atoms in total. The number of amides is 1. The van der Waals surface area contributed by atoms with Gasteiger partial charge in [-0.3, -0.25) is 10.2 Å². The second-order valence-corrected chi connectivity index (χ2v) is 6.57. The Kier molecular flexibility index (Phi) is 5.42. The first-order valence-electron chi connectivity index (χ1n) is 8.01. The Morgan fingerprint density at radius 2 is 2.08 bits per heavy atom.